The Morgan fingerprint density at radius 3 is 2.92 bits per heavy atom. The molecule has 0 saturated carbocycles. The molecular weight excluding hydrogens is 154 g/mol. The van der Waals surface area contributed by atoms with Crippen LogP contribution in [0.3, 0.4) is 0 Å². The largest absolute Gasteiger partial charge is 0.481 e. The van der Waals surface area contributed by atoms with E-state index in [0.29, 0.717) is 18.4 Å². The summed E-state index contributed by atoms with van der Waals surface area (Å²) in [5.41, 5.74) is 0. The Balaban J connectivity index is 2.37. The van der Waals surface area contributed by atoms with E-state index in [9.17, 15) is 4.79 Å². The van der Waals surface area contributed by atoms with E-state index in [4.69, 9.17) is 5.11 Å². The molecule has 0 aliphatic carbocycles. The molecule has 70 valence electrons. The number of rotatable bonds is 4. The highest BCUT2D eigenvalue weighted by molar-refractivity contribution is 5.67. The predicted molar refractivity (Wildman–Crippen MR) is 47.1 cm³/mol. The van der Waals surface area contributed by atoms with E-state index in [1.165, 1.54) is 6.42 Å². The van der Waals surface area contributed by atoms with Crippen molar-refractivity contribution >= 4 is 5.97 Å². The average Bonchev–Trinajstić information content (AvgIpc) is 2.51. The minimum Gasteiger partial charge on any atom is -0.481 e. The molecule has 0 unspecified atom stereocenters. The highest BCUT2D eigenvalue weighted by Crippen LogP contribution is 2.20. The first-order valence-electron chi connectivity index (χ1n) is 4.69. The van der Waals surface area contributed by atoms with Crippen LogP contribution in [0.5, 0.6) is 0 Å². The maximum Gasteiger partial charge on any atom is 0.303 e. The van der Waals surface area contributed by atoms with E-state index < -0.39 is 5.97 Å². The van der Waals surface area contributed by atoms with Gasteiger partial charge >= 0.3 is 5.97 Å². The minimum absolute atomic E-state index is 0.314. The van der Waals surface area contributed by atoms with Gasteiger partial charge in [0.15, 0.2) is 0 Å². The summed E-state index contributed by atoms with van der Waals surface area (Å²) in [6.07, 6.45) is 3.62. The highest BCUT2D eigenvalue weighted by Gasteiger charge is 2.24. The highest BCUT2D eigenvalue weighted by atomic mass is 16.4. The van der Waals surface area contributed by atoms with E-state index in [2.05, 4.69) is 12.2 Å². The first-order valence-corrected chi connectivity index (χ1v) is 4.69. The molecule has 0 radical (unpaired) electrons. The zero-order valence-electron chi connectivity index (χ0n) is 7.55. The molecule has 3 heteroatoms. The van der Waals surface area contributed by atoms with E-state index in [0.717, 1.165) is 19.4 Å². The third-order valence-corrected chi connectivity index (χ3v) is 2.63. The van der Waals surface area contributed by atoms with Gasteiger partial charge in [0.25, 0.3) is 0 Å². The molecule has 0 spiro atoms. The van der Waals surface area contributed by atoms with Crippen LogP contribution < -0.4 is 5.32 Å². The summed E-state index contributed by atoms with van der Waals surface area (Å²) in [5, 5.41) is 12.0. The Labute approximate surface area is 73.2 Å². The second-order valence-corrected chi connectivity index (χ2v) is 3.47. The molecule has 0 aromatic carbocycles. The lowest BCUT2D eigenvalue weighted by Gasteiger charge is -2.20. The molecule has 0 bridgehead atoms. The second kappa shape index (κ2) is 4.45. The van der Waals surface area contributed by atoms with Crippen molar-refractivity contribution in [1.29, 1.82) is 0 Å². The van der Waals surface area contributed by atoms with Crippen LogP contribution >= 0.6 is 0 Å². The molecule has 12 heavy (non-hydrogen) atoms. The van der Waals surface area contributed by atoms with Crippen molar-refractivity contribution in [3.05, 3.63) is 0 Å². The van der Waals surface area contributed by atoms with Gasteiger partial charge in [-0.05, 0) is 25.3 Å². The summed E-state index contributed by atoms with van der Waals surface area (Å²) in [4.78, 5) is 10.5. The van der Waals surface area contributed by atoms with Gasteiger partial charge in [0, 0.05) is 12.5 Å². The van der Waals surface area contributed by atoms with Crippen molar-refractivity contribution in [2.24, 2.45) is 5.92 Å². The Bertz CT molecular complexity index is 153. The van der Waals surface area contributed by atoms with Gasteiger partial charge < -0.3 is 10.4 Å². The summed E-state index contributed by atoms with van der Waals surface area (Å²) >= 11 is 0. The fourth-order valence-corrected chi connectivity index (χ4v) is 1.91. The number of carboxylic acids is 1. The van der Waals surface area contributed by atoms with Crippen LogP contribution in [0, 0.1) is 5.92 Å². The normalized spacial score (nSPS) is 25.6. The van der Waals surface area contributed by atoms with Crippen LogP contribution in [0.1, 0.15) is 32.6 Å². The molecular formula is C9H17NO2. The van der Waals surface area contributed by atoms with Crippen LogP contribution in [0.15, 0.2) is 0 Å². The van der Waals surface area contributed by atoms with Crippen molar-refractivity contribution in [3.63, 3.8) is 0 Å². The van der Waals surface area contributed by atoms with E-state index in [1.54, 1.807) is 0 Å². The number of carbonyl (C=O) groups is 1. The van der Waals surface area contributed by atoms with Crippen molar-refractivity contribution in [3.8, 4) is 0 Å². The first-order chi connectivity index (χ1) is 5.74. The SMILES string of the molecule is CC[C@H](CC(=O)O)[C@H]1CCCN1. The van der Waals surface area contributed by atoms with Gasteiger partial charge in [-0.1, -0.05) is 13.3 Å². The number of nitrogens with one attached hydrogen (secondary N) is 1. The van der Waals surface area contributed by atoms with E-state index in [-0.39, 0.29) is 0 Å². The molecule has 1 aliphatic heterocycles. The molecule has 1 fully saturated rings. The van der Waals surface area contributed by atoms with Crippen molar-refractivity contribution in [1.82, 2.24) is 5.32 Å². The molecule has 1 rings (SSSR count). The molecule has 0 aromatic rings. The van der Waals surface area contributed by atoms with Crippen molar-refractivity contribution in [2.45, 2.75) is 38.6 Å². The van der Waals surface area contributed by atoms with Crippen LogP contribution in [0.25, 0.3) is 0 Å². The summed E-state index contributed by atoms with van der Waals surface area (Å²) in [7, 11) is 0. The molecule has 1 saturated heterocycles. The van der Waals surface area contributed by atoms with Gasteiger partial charge in [-0.2, -0.15) is 0 Å². The van der Waals surface area contributed by atoms with Crippen molar-refractivity contribution in [2.75, 3.05) is 6.54 Å². The van der Waals surface area contributed by atoms with E-state index in [1.807, 2.05) is 0 Å². The summed E-state index contributed by atoms with van der Waals surface area (Å²) in [6.45, 7) is 3.12. The fraction of sp³-hybridized carbons (Fsp3) is 0.889. The molecule has 0 amide bonds. The van der Waals surface area contributed by atoms with Gasteiger partial charge in [-0.15, -0.1) is 0 Å². The van der Waals surface area contributed by atoms with E-state index >= 15 is 0 Å². The molecule has 2 atom stereocenters. The predicted octanol–water partition coefficient (Wildman–Crippen LogP) is 1.24. The monoisotopic (exact) mass is 171 g/mol. The van der Waals surface area contributed by atoms with Gasteiger partial charge in [0.2, 0.25) is 0 Å². The third kappa shape index (κ3) is 2.48. The number of carboxylic acid groups (broad SMARTS) is 1. The molecule has 1 heterocycles. The number of hydrogen-bond acceptors (Lipinski definition) is 2. The number of hydrogen-bond donors (Lipinski definition) is 2. The van der Waals surface area contributed by atoms with Gasteiger partial charge in [-0.25, -0.2) is 0 Å². The summed E-state index contributed by atoms with van der Waals surface area (Å²) in [5.74, 6) is -0.347. The lowest BCUT2D eigenvalue weighted by Crippen LogP contribution is -2.31. The molecule has 0 aromatic heterocycles. The molecule has 2 N–H and O–H groups in total. The van der Waals surface area contributed by atoms with Crippen LogP contribution in [0.2, 0.25) is 0 Å². The first kappa shape index (κ1) is 9.52. The average molecular weight is 171 g/mol. The standard InChI is InChI=1S/C9H17NO2/c1-2-7(6-9(11)12)8-4-3-5-10-8/h7-8,10H,2-6H2,1H3,(H,11,12)/t7-,8-/m1/s1. The Morgan fingerprint density at radius 2 is 2.50 bits per heavy atom. The zero-order chi connectivity index (χ0) is 8.97. The third-order valence-electron chi connectivity index (χ3n) is 2.63. The summed E-state index contributed by atoms with van der Waals surface area (Å²) in [6, 6.07) is 0.450. The maximum atomic E-state index is 10.5. The van der Waals surface area contributed by atoms with Gasteiger partial charge in [-0.3, -0.25) is 4.79 Å². The zero-order valence-corrected chi connectivity index (χ0v) is 7.55. The van der Waals surface area contributed by atoms with Crippen LogP contribution in [0.4, 0.5) is 0 Å². The lowest BCUT2D eigenvalue weighted by molar-refractivity contribution is -0.138. The minimum atomic E-state index is -0.671. The molecule has 3 nitrogen and oxygen atoms in total. The lowest BCUT2D eigenvalue weighted by atomic mass is 9.92. The van der Waals surface area contributed by atoms with Gasteiger partial charge in [0.1, 0.15) is 0 Å². The van der Waals surface area contributed by atoms with Gasteiger partial charge in [0.05, 0.1) is 0 Å². The van der Waals surface area contributed by atoms with Crippen LogP contribution in [-0.4, -0.2) is 23.7 Å². The van der Waals surface area contributed by atoms with Crippen molar-refractivity contribution < 1.29 is 9.90 Å². The second-order valence-electron chi connectivity index (χ2n) is 3.47. The Kier molecular flexibility index (Phi) is 3.53. The number of aliphatic carboxylic acids is 1. The Morgan fingerprint density at radius 1 is 1.75 bits per heavy atom. The maximum absolute atomic E-state index is 10.5. The quantitative estimate of drug-likeness (QED) is 0.669. The Hall–Kier alpha value is -0.570. The van der Waals surface area contributed by atoms with Crippen LogP contribution in [-0.2, 0) is 4.79 Å². The summed E-state index contributed by atoms with van der Waals surface area (Å²) < 4.78 is 0. The molecule has 1 aliphatic rings. The smallest absolute Gasteiger partial charge is 0.303 e. The topological polar surface area (TPSA) is 49.3 Å². The fourth-order valence-electron chi connectivity index (χ4n) is 1.91.